The van der Waals surface area contributed by atoms with Gasteiger partial charge in [0.05, 0.1) is 4.92 Å². The van der Waals surface area contributed by atoms with Crippen LogP contribution in [0.5, 0.6) is 0 Å². The van der Waals surface area contributed by atoms with Crippen molar-refractivity contribution in [3.8, 4) is 0 Å². The van der Waals surface area contributed by atoms with Crippen LogP contribution in [0.25, 0.3) is 6.08 Å². The lowest BCUT2D eigenvalue weighted by Crippen LogP contribution is -2.18. The molecule has 6 nitrogen and oxygen atoms in total. The fourth-order valence-corrected chi connectivity index (χ4v) is 2.19. The molecule has 1 aromatic carbocycles. The van der Waals surface area contributed by atoms with Crippen molar-refractivity contribution in [3.63, 3.8) is 0 Å². The number of carbonyl (C=O) groups excluding carboxylic acids is 1. The van der Waals surface area contributed by atoms with E-state index < -0.39 is 10.8 Å². The summed E-state index contributed by atoms with van der Waals surface area (Å²) >= 11 is 0. The van der Waals surface area contributed by atoms with E-state index in [1.807, 2.05) is 4.90 Å². The summed E-state index contributed by atoms with van der Waals surface area (Å²) in [7, 11) is 0. The second-order valence-corrected chi connectivity index (χ2v) is 4.44. The van der Waals surface area contributed by atoms with Crippen molar-refractivity contribution in [1.82, 2.24) is 0 Å². The lowest BCUT2D eigenvalue weighted by molar-refractivity contribution is -0.384. The number of anilines is 1. The highest BCUT2D eigenvalue weighted by atomic mass is 16.6. The Kier molecular flexibility index (Phi) is 3.79. The Morgan fingerprint density at radius 2 is 2.05 bits per heavy atom. The molecule has 1 heterocycles. The van der Waals surface area contributed by atoms with Crippen LogP contribution in [0, 0.1) is 10.1 Å². The second-order valence-electron chi connectivity index (χ2n) is 4.44. The Morgan fingerprint density at radius 1 is 1.37 bits per heavy atom. The Balaban J connectivity index is 2.34. The minimum absolute atomic E-state index is 0.0634. The summed E-state index contributed by atoms with van der Waals surface area (Å²) in [4.78, 5) is 23.4. The summed E-state index contributed by atoms with van der Waals surface area (Å²) in [5, 5.41) is 11.1. The van der Waals surface area contributed by atoms with Crippen molar-refractivity contribution in [1.29, 1.82) is 0 Å². The smallest absolute Gasteiger partial charge is 0.293 e. The molecule has 0 aliphatic carbocycles. The minimum Gasteiger partial charge on any atom is -0.366 e. The number of nitrogens with zero attached hydrogens (tertiary/aromatic N) is 2. The van der Waals surface area contributed by atoms with Crippen LogP contribution in [0.2, 0.25) is 0 Å². The topological polar surface area (TPSA) is 89.5 Å². The molecule has 0 spiro atoms. The van der Waals surface area contributed by atoms with Gasteiger partial charge in [0.1, 0.15) is 5.69 Å². The van der Waals surface area contributed by atoms with Gasteiger partial charge in [0, 0.05) is 25.2 Å². The molecule has 1 amide bonds. The molecule has 2 rings (SSSR count). The van der Waals surface area contributed by atoms with Crippen LogP contribution < -0.4 is 10.6 Å². The first kappa shape index (κ1) is 13.1. The quantitative estimate of drug-likeness (QED) is 0.507. The third-order valence-electron chi connectivity index (χ3n) is 3.08. The normalized spacial score (nSPS) is 15.1. The molecule has 0 bridgehead atoms. The van der Waals surface area contributed by atoms with E-state index in [9.17, 15) is 14.9 Å². The second kappa shape index (κ2) is 5.51. The molecule has 19 heavy (non-hydrogen) atoms. The summed E-state index contributed by atoms with van der Waals surface area (Å²) in [6, 6.07) is 4.94. The maximum Gasteiger partial charge on any atom is 0.293 e. The van der Waals surface area contributed by atoms with E-state index in [1.165, 1.54) is 18.2 Å². The molecule has 1 aliphatic heterocycles. The van der Waals surface area contributed by atoms with E-state index in [0.717, 1.165) is 25.9 Å². The molecule has 1 saturated heterocycles. The Labute approximate surface area is 110 Å². The molecule has 2 N–H and O–H groups in total. The number of benzene rings is 1. The average Bonchev–Trinajstić information content (AvgIpc) is 2.89. The molecule has 0 saturated carbocycles. The van der Waals surface area contributed by atoms with Crippen LogP contribution in [-0.4, -0.2) is 23.9 Å². The SMILES string of the molecule is NC(=O)/C=C/c1ccc(N2CCCC2)c([N+](=O)[O-])c1. The van der Waals surface area contributed by atoms with Crippen molar-refractivity contribution in [2.45, 2.75) is 12.8 Å². The zero-order chi connectivity index (χ0) is 13.8. The van der Waals surface area contributed by atoms with Gasteiger partial charge in [-0.2, -0.15) is 0 Å². The third-order valence-corrected chi connectivity index (χ3v) is 3.08. The first-order valence-corrected chi connectivity index (χ1v) is 6.09. The molecule has 0 atom stereocenters. The Morgan fingerprint density at radius 3 is 2.63 bits per heavy atom. The largest absolute Gasteiger partial charge is 0.366 e. The molecule has 1 aromatic rings. The fraction of sp³-hybridized carbons (Fsp3) is 0.308. The highest BCUT2D eigenvalue weighted by Crippen LogP contribution is 2.31. The van der Waals surface area contributed by atoms with Gasteiger partial charge in [-0.05, 0) is 30.5 Å². The number of nitro groups is 1. The number of hydrogen-bond donors (Lipinski definition) is 1. The highest BCUT2D eigenvalue weighted by Gasteiger charge is 2.21. The molecule has 0 unspecified atom stereocenters. The van der Waals surface area contributed by atoms with Crippen LogP contribution in [0.1, 0.15) is 18.4 Å². The van der Waals surface area contributed by atoms with E-state index in [2.05, 4.69) is 0 Å². The number of rotatable bonds is 4. The summed E-state index contributed by atoms with van der Waals surface area (Å²) in [6.45, 7) is 1.69. The van der Waals surface area contributed by atoms with Gasteiger partial charge in [-0.15, -0.1) is 0 Å². The molecule has 6 heteroatoms. The predicted molar refractivity (Wildman–Crippen MR) is 72.8 cm³/mol. The number of carbonyl (C=O) groups is 1. The zero-order valence-corrected chi connectivity index (χ0v) is 10.4. The summed E-state index contributed by atoms with van der Waals surface area (Å²) in [5.41, 5.74) is 6.29. The van der Waals surface area contributed by atoms with Gasteiger partial charge in [0.2, 0.25) is 5.91 Å². The Bertz CT molecular complexity index is 534. The number of nitrogens with two attached hydrogens (primary N) is 1. The number of primary amides is 1. The monoisotopic (exact) mass is 261 g/mol. The molecule has 1 aliphatic rings. The number of nitro benzene ring substituents is 1. The van der Waals surface area contributed by atoms with Gasteiger partial charge >= 0.3 is 0 Å². The van der Waals surface area contributed by atoms with Crippen LogP contribution in [-0.2, 0) is 4.79 Å². The molecular weight excluding hydrogens is 246 g/mol. The average molecular weight is 261 g/mol. The first-order chi connectivity index (χ1) is 9.08. The zero-order valence-electron chi connectivity index (χ0n) is 10.4. The summed E-state index contributed by atoms with van der Waals surface area (Å²) in [5.74, 6) is -0.578. The highest BCUT2D eigenvalue weighted by molar-refractivity contribution is 5.90. The lowest BCUT2D eigenvalue weighted by Gasteiger charge is -2.17. The maximum absolute atomic E-state index is 11.1. The van der Waals surface area contributed by atoms with Gasteiger partial charge in [-0.25, -0.2) is 0 Å². The van der Waals surface area contributed by atoms with Crippen molar-refractivity contribution in [3.05, 3.63) is 40.0 Å². The van der Waals surface area contributed by atoms with Crippen molar-refractivity contribution in [2.24, 2.45) is 5.73 Å². The van der Waals surface area contributed by atoms with Crippen LogP contribution in [0.15, 0.2) is 24.3 Å². The van der Waals surface area contributed by atoms with Gasteiger partial charge in [-0.1, -0.05) is 6.07 Å². The molecule has 0 radical (unpaired) electrons. The van der Waals surface area contributed by atoms with E-state index >= 15 is 0 Å². The van der Waals surface area contributed by atoms with Crippen LogP contribution in [0.4, 0.5) is 11.4 Å². The molecule has 0 aromatic heterocycles. The van der Waals surface area contributed by atoms with Gasteiger partial charge in [-0.3, -0.25) is 14.9 Å². The molecule has 100 valence electrons. The van der Waals surface area contributed by atoms with E-state index in [0.29, 0.717) is 11.3 Å². The van der Waals surface area contributed by atoms with E-state index in [4.69, 9.17) is 5.73 Å². The first-order valence-electron chi connectivity index (χ1n) is 6.09. The van der Waals surface area contributed by atoms with Crippen molar-refractivity contribution in [2.75, 3.05) is 18.0 Å². The van der Waals surface area contributed by atoms with Crippen LogP contribution >= 0.6 is 0 Å². The molecule has 1 fully saturated rings. The summed E-state index contributed by atoms with van der Waals surface area (Å²) in [6.07, 6.45) is 4.78. The van der Waals surface area contributed by atoms with E-state index in [-0.39, 0.29) is 5.69 Å². The van der Waals surface area contributed by atoms with Crippen molar-refractivity contribution >= 4 is 23.4 Å². The standard InChI is InChI=1S/C13H15N3O3/c14-13(17)6-4-10-3-5-11(12(9-10)16(18)19)15-7-1-2-8-15/h3-6,9H,1-2,7-8H2,(H2,14,17)/b6-4+. The minimum atomic E-state index is -0.578. The van der Waals surface area contributed by atoms with Gasteiger partial charge in [0.25, 0.3) is 5.69 Å². The van der Waals surface area contributed by atoms with Gasteiger partial charge in [0.15, 0.2) is 0 Å². The van der Waals surface area contributed by atoms with Crippen LogP contribution in [0.3, 0.4) is 0 Å². The van der Waals surface area contributed by atoms with E-state index in [1.54, 1.807) is 12.1 Å². The lowest BCUT2D eigenvalue weighted by atomic mass is 10.1. The summed E-state index contributed by atoms with van der Waals surface area (Å²) < 4.78 is 0. The molecular formula is C13H15N3O3. The van der Waals surface area contributed by atoms with Crippen molar-refractivity contribution < 1.29 is 9.72 Å². The maximum atomic E-state index is 11.1. The fourth-order valence-electron chi connectivity index (χ4n) is 2.19. The number of amides is 1. The predicted octanol–water partition coefficient (Wildman–Crippen LogP) is 1.69. The Hall–Kier alpha value is -2.37. The third kappa shape index (κ3) is 3.09. The van der Waals surface area contributed by atoms with Gasteiger partial charge < -0.3 is 10.6 Å². The number of hydrogen-bond acceptors (Lipinski definition) is 4.